The molecule has 7 atom stereocenters. The SMILES string of the molecule is CC1CC(C)(C)CC(c2ccc(OC(=O)C3CCC4C(=O)OC(=O)C4C3)cc2)(c2ccc(OC(=O)C3CCC4C(=O)OC(=O)C4C3)cc2)C1. The molecule has 5 fully saturated rings. The Kier molecular flexibility index (Phi) is 8.48. The van der Waals surface area contributed by atoms with Crippen LogP contribution in [0.25, 0.3) is 0 Å². The standard InChI is InChI=1S/C39H42O10/c1-21-18-38(2,3)20-39(19-21,24-6-10-26(11-7-24)46-32(40)22-4-14-28-30(16-22)36(44)48-34(28)42)25-8-12-27(13-9-25)47-33(41)23-5-15-29-31(17-23)37(45)49-35(29)43/h6-13,21-23,28-31H,4-5,14-20H2,1-3H3. The van der Waals surface area contributed by atoms with Crippen molar-refractivity contribution in [2.75, 3.05) is 0 Å². The maximum atomic E-state index is 13.1. The average molecular weight is 671 g/mol. The van der Waals surface area contributed by atoms with Crippen LogP contribution in [0.15, 0.2) is 48.5 Å². The summed E-state index contributed by atoms with van der Waals surface area (Å²) in [5.74, 6) is -4.62. The van der Waals surface area contributed by atoms with Gasteiger partial charge in [-0.2, -0.15) is 0 Å². The molecule has 0 N–H and O–H groups in total. The number of fused-ring (bicyclic) bond motifs is 2. The lowest BCUT2D eigenvalue weighted by atomic mass is 9.55. The van der Waals surface area contributed by atoms with Crippen molar-refractivity contribution in [2.45, 2.75) is 84.0 Å². The minimum Gasteiger partial charge on any atom is -0.426 e. The number of benzene rings is 2. The minimum absolute atomic E-state index is 0.0527. The predicted octanol–water partition coefficient (Wildman–Crippen LogP) is 5.86. The molecule has 49 heavy (non-hydrogen) atoms. The van der Waals surface area contributed by atoms with E-state index in [2.05, 4.69) is 20.8 Å². The van der Waals surface area contributed by atoms with Crippen LogP contribution < -0.4 is 9.47 Å². The van der Waals surface area contributed by atoms with E-state index < -0.39 is 71.3 Å². The van der Waals surface area contributed by atoms with Gasteiger partial charge in [-0.1, -0.05) is 45.0 Å². The molecule has 0 bridgehead atoms. The number of hydrogen-bond acceptors (Lipinski definition) is 10. The Hall–Kier alpha value is -4.34. The summed E-state index contributed by atoms with van der Waals surface area (Å²) in [5, 5.41) is 0. The first-order valence-corrected chi connectivity index (χ1v) is 17.5. The van der Waals surface area contributed by atoms with Gasteiger partial charge in [0.05, 0.1) is 35.5 Å². The molecule has 7 unspecified atom stereocenters. The topological polar surface area (TPSA) is 139 Å². The summed E-state index contributed by atoms with van der Waals surface area (Å²) in [7, 11) is 0. The van der Waals surface area contributed by atoms with Gasteiger partial charge < -0.3 is 18.9 Å². The van der Waals surface area contributed by atoms with E-state index in [1.807, 2.05) is 48.5 Å². The van der Waals surface area contributed by atoms with Gasteiger partial charge in [0.2, 0.25) is 0 Å². The van der Waals surface area contributed by atoms with Crippen molar-refractivity contribution in [3.8, 4) is 11.5 Å². The van der Waals surface area contributed by atoms with Crippen molar-refractivity contribution in [2.24, 2.45) is 46.8 Å². The van der Waals surface area contributed by atoms with E-state index in [-0.39, 0.29) is 23.7 Å². The number of esters is 6. The van der Waals surface area contributed by atoms with Crippen molar-refractivity contribution in [1.29, 1.82) is 0 Å². The molecule has 2 aromatic carbocycles. The monoisotopic (exact) mass is 670 g/mol. The zero-order chi connectivity index (χ0) is 34.7. The number of hydrogen-bond donors (Lipinski definition) is 0. The number of rotatable bonds is 6. The first kappa shape index (κ1) is 33.2. The van der Waals surface area contributed by atoms with Gasteiger partial charge >= 0.3 is 35.8 Å². The second-order valence-corrected chi connectivity index (χ2v) is 15.8. The first-order chi connectivity index (χ1) is 23.3. The fraction of sp³-hybridized carbons (Fsp3) is 0.538. The van der Waals surface area contributed by atoms with Crippen molar-refractivity contribution in [1.82, 2.24) is 0 Å². The van der Waals surface area contributed by atoms with Crippen LogP contribution in [0.5, 0.6) is 11.5 Å². The van der Waals surface area contributed by atoms with Crippen molar-refractivity contribution >= 4 is 35.8 Å². The summed E-state index contributed by atoms with van der Waals surface area (Å²) in [6.07, 6.45) is 5.21. The highest BCUT2D eigenvalue weighted by Gasteiger charge is 2.51. The zero-order valence-corrected chi connectivity index (χ0v) is 28.1. The molecular formula is C39H42O10. The predicted molar refractivity (Wildman–Crippen MR) is 173 cm³/mol. The molecule has 0 spiro atoms. The Labute approximate surface area is 285 Å². The average Bonchev–Trinajstić information content (AvgIpc) is 3.52. The summed E-state index contributed by atoms with van der Waals surface area (Å²) in [6.45, 7) is 6.84. The molecule has 10 nitrogen and oxygen atoms in total. The molecular weight excluding hydrogens is 628 g/mol. The van der Waals surface area contributed by atoms with Crippen LogP contribution in [0.3, 0.4) is 0 Å². The molecule has 0 radical (unpaired) electrons. The van der Waals surface area contributed by atoms with Gasteiger partial charge in [-0.3, -0.25) is 28.8 Å². The van der Waals surface area contributed by atoms with E-state index in [0.717, 1.165) is 30.4 Å². The summed E-state index contributed by atoms with van der Waals surface area (Å²) < 4.78 is 21.1. The van der Waals surface area contributed by atoms with E-state index in [0.29, 0.717) is 43.1 Å². The van der Waals surface area contributed by atoms with Gasteiger partial charge in [0, 0.05) is 5.41 Å². The molecule has 258 valence electrons. The minimum atomic E-state index is -0.577. The van der Waals surface area contributed by atoms with Crippen molar-refractivity contribution < 1.29 is 47.7 Å². The third-order valence-electron chi connectivity index (χ3n) is 11.6. The fourth-order valence-electron chi connectivity index (χ4n) is 9.62. The second kappa shape index (κ2) is 12.5. The van der Waals surface area contributed by atoms with Gasteiger partial charge in [0.15, 0.2) is 0 Å². The van der Waals surface area contributed by atoms with Gasteiger partial charge in [-0.05, 0) is 105 Å². The first-order valence-electron chi connectivity index (χ1n) is 17.5. The normalized spacial score (nSPS) is 33.6. The van der Waals surface area contributed by atoms with Gasteiger partial charge in [-0.15, -0.1) is 0 Å². The number of carbonyl (C=O) groups excluding carboxylic acids is 6. The van der Waals surface area contributed by atoms with Crippen LogP contribution >= 0.6 is 0 Å². The van der Waals surface area contributed by atoms with Crippen LogP contribution in [-0.2, 0) is 43.7 Å². The van der Waals surface area contributed by atoms with E-state index in [1.165, 1.54) is 0 Å². The Morgan fingerprint density at radius 1 is 0.612 bits per heavy atom. The van der Waals surface area contributed by atoms with Gasteiger partial charge in [0.25, 0.3) is 0 Å². The lowest BCUT2D eigenvalue weighted by molar-refractivity contribution is -0.155. The zero-order valence-electron chi connectivity index (χ0n) is 28.1. The van der Waals surface area contributed by atoms with E-state index in [1.54, 1.807) is 0 Å². The molecule has 2 saturated heterocycles. The van der Waals surface area contributed by atoms with E-state index in [9.17, 15) is 28.8 Å². The lowest BCUT2D eigenvalue weighted by Crippen LogP contribution is -2.41. The largest absolute Gasteiger partial charge is 0.426 e. The summed E-state index contributed by atoms with van der Waals surface area (Å²) >= 11 is 0. The van der Waals surface area contributed by atoms with E-state index >= 15 is 0 Å². The fourth-order valence-corrected chi connectivity index (χ4v) is 9.62. The van der Waals surface area contributed by atoms with Crippen LogP contribution in [0.1, 0.15) is 89.7 Å². The van der Waals surface area contributed by atoms with Crippen LogP contribution in [0.2, 0.25) is 0 Å². The van der Waals surface area contributed by atoms with Crippen molar-refractivity contribution in [3.63, 3.8) is 0 Å². The van der Waals surface area contributed by atoms with E-state index in [4.69, 9.17) is 18.9 Å². The third kappa shape index (κ3) is 6.30. The number of carbonyl (C=O) groups is 6. The molecule has 2 aromatic rings. The summed E-state index contributed by atoms with van der Waals surface area (Å²) in [5.41, 5.74) is 1.91. The molecule has 10 heteroatoms. The lowest BCUT2D eigenvalue weighted by Gasteiger charge is -2.48. The Morgan fingerprint density at radius 2 is 1.02 bits per heavy atom. The molecule has 0 aromatic heterocycles. The Balaban J connectivity index is 1.06. The second-order valence-electron chi connectivity index (χ2n) is 15.8. The highest BCUT2D eigenvalue weighted by molar-refractivity contribution is 5.97. The Morgan fingerprint density at radius 3 is 1.43 bits per heavy atom. The van der Waals surface area contributed by atoms with Crippen LogP contribution in [-0.4, -0.2) is 35.8 Å². The summed E-state index contributed by atoms with van der Waals surface area (Å²) in [4.78, 5) is 74.2. The summed E-state index contributed by atoms with van der Waals surface area (Å²) in [6, 6.07) is 15.3. The smallest absolute Gasteiger partial charge is 0.317 e. The maximum absolute atomic E-state index is 13.1. The van der Waals surface area contributed by atoms with Gasteiger partial charge in [0.1, 0.15) is 11.5 Å². The molecule has 3 saturated carbocycles. The molecule has 2 aliphatic heterocycles. The molecule has 7 rings (SSSR count). The third-order valence-corrected chi connectivity index (χ3v) is 11.6. The molecule has 2 heterocycles. The Bertz CT molecular complexity index is 1580. The highest BCUT2D eigenvalue weighted by Crippen LogP contribution is 2.54. The number of cyclic esters (lactones) is 4. The van der Waals surface area contributed by atoms with Crippen LogP contribution in [0.4, 0.5) is 0 Å². The van der Waals surface area contributed by atoms with Gasteiger partial charge in [-0.25, -0.2) is 0 Å². The highest BCUT2D eigenvalue weighted by atomic mass is 16.6. The quantitative estimate of drug-likeness (QED) is 0.209. The molecule has 5 aliphatic rings. The van der Waals surface area contributed by atoms with Crippen LogP contribution in [0, 0.1) is 46.8 Å². The maximum Gasteiger partial charge on any atom is 0.317 e. The van der Waals surface area contributed by atoms with Crippen molar-refractivity contribution in [3.05, 3.63) is 59.7 Å². The molecule has 0 amide bonds. The number of ether oxygens (including phenoxy) is 4. The molecule has 3 aliphatic carbocycles.